The van der Waals surface area contributed by atoms with E-state index in [-0.39, 0.29) is 36.0 Å². The predicted octanol–water partition coefficient (Wildman–Crippen LogP) is 2.57. The molecule has 3 aromatic rings. The van der Waals surface area contributed by atoms with Gasteiger partial charge in [0, 0.05) is 23.9 Å². The van der Waals surface area contributed by atoms with E-state index in [2.05, 4.69) is 10.6 Å². The number of ether oxygens (including phenoxy) is 2. The van der Waals surface area contributed by atoms with Gasteiger partial charge in [0.25, 0.3) is 11.5 Å². The van der Waals surface area contributed by atoms with Gasteiger partial charge in [0.1, 0.15) is 17.7 Å². The number of carbonyl (C=O) groups is 2. The number of aromatic nitrogens is 1. The summed E-state index contributed by atoms with van der Waals surface area (Å²) < 4.78 is 26.9. The molecule has 4 heterocycles. The fourth-order valence-corrected chi connectivity index (χ4v) is 5.10. The predicted molar refractivity (Wildman–Crippen MR) is 127 cm³/mol. The van der Waals surface area contributed by atoms with Gasteiger partial charge in [-0.15, -0.1) is 0 Å². The van der Waals surface area contributed by atoms with Crippen LogP contribution >= 0.6 is 0 Å². The number of nitrogens with zero attached hydrogens (tertiary/aromatic N) is 2. The molecule has 2 aromatic carbocycles. The monoisotopic (exact) mass is 478 g/mol. The Morgan fingerprint density at radius 2 is 1.97 bits per heavy atom. The lowest BCUT2D eigenvalue weighted by Gasteiger charge is -2.20. The van der Waals surface area contributed by atoms with E-state index < -0.39 is 6.09 Å². The van der Waals surface area contributed by atoms with Crippen LogP contribution in [-0.2, 0) is 16.0 Å². The third-order valence-electron chi connectivity index (χ3n) is 6.75. The van der Waals surface area contributed by atoms with Gasteiger partial charge < -0.3 is 24.7 Å². The van der Waals surface area contributed by atoms with Crippen LogP contribution in [0.25, 0.3) is 10.9 Å². The van der Waals surface area contributed by atoms with Crippen LogP contribution in [-0.4, -0.2) is 48.9 Å². The number of hydrogen-bond acceptors (Lipinski definition) is 6. The molecule has 0 unspecified atom stereocenters. The first-order valence-corrected chi connectivity index (χ1v) is 11.6. The molecule has 0 bridgehead atoms. The maximum Gasteiger partial charge on any atom is 0.414 e. The highest BCUT2D eigenvalue weighted by Crippen LogP contribution is 2.34. The van der Waals surface area contributed by atoms with Crippen molar-refractivity contribution >= 4 is 34.3 Å². The summed E-state index contributed by atoms with van der Waals surface area (Å²) in [7, 11) is 0. The number of benzene rings is 2. The zero-order valence-electron chi connectivity index (χ0n) is 18.8. The summed E-state index contributed by atoms with van der Waals surface area (Å²) in [6.45, 7) is 1.42. The molecule has 9 nitrogen and oxygen atoms in total. The van der Waals surface area contributed by atoms with Crippen molar-refractivity contribution in [1.82, 2.24) is 9.88 Å². The van der Waals surface area contributed by atoms with Crippen molar-refractivity contribution in [2.45, 2.75) is 25.0 Å². The number of nitrogens with one attached hydrogen (secondary N) is 2. The van der Waals surface area contributed by atoms with Crippen molar-refractivity contribution in [1.29, 1.82) is 0 Å². The average Bonchev–Trinajstić information content (AvgIpc) is 3.42. The van der Waals surface area contributed by atoms with Gasteiger partial charge in [-0.05, 0) is 61.2 Å². The Bertz CT molecular complexity index is 1420. The molecule has 2 N–H and O–H groups in total. The molecular formula is C25H23FN4O5. The van der Waals surface area contributed by atoms with E-state index in [9.17, 15) is 18.8 Å². The molecule has 180 valence electrons. The normalized spacial score (nSPS) is 20.5. The molecule has 3 aliphatic rings. The highest BCUT2D eigenvalue weighted by Gasteiger charge is 2.33. The van der Waals surface area contributed by atoms with E-state index in [0.29, 0.717) is 60.7 Å². The van der Waals surface area contributed by atoms with Gasteiger partial charge in [-0.2, -0.15) is 0 Å². The van der Waals surface area contributed by atoms with Crippen LogP contribution in [0.4, 0.5) is 20.6 Å². The van der Waals surface area contributed by atoms with Gasteiger partial charge in [0.15, 0.2) is 6.61 Å². The van der Waals surface area contributed by atoms with Crippen molar-refractivity contribution in [2.24, 2.45) is 0 Å². The summed E-state index contributed by atoms with van der Waals surface area (Å²) in [6.07, 6.45) is 0.291. The molecule has 0 spiro atoms. The lowest BCUT2D eigenvalue weighted by molar-refractivity contribution is -0.118. The number of fused-ring (bicyclic) bond motifs is 1. The number of pyridine rings is 1. The third-order valence-corrected chi connectivity index (χ3v) is 6.75. The Balaban J connectivity index is 1.06. The van der Waals surface area contributed by atoms with E-state index in [0.717, 1.165) is 5.39 Å². The Morgan fingerprint density at radius 1 is 1.11 bits per heavy atom. The van der Waals surface area contributed by atoms with E-state index in [1.807, 2.05) is 0 Å². The lowest BCUT2D eigenvalue weighted by Crippen LogP contribution is -2.32. The van der Waals surface area contributed by atoms with Gasteiger partial charge in [0.2, 0.25) is 0 Å². The summed E-state index contributed by atoms with van der Waals surface area (Å²) in [5, 5.41) is 6.93. The van der Waals surface area contributed by atoms with Gasteiger partial charge in [-0.1, -0.05) is 0 Å². The molecule has 1 saturated heterocycles. The van der Waals surface area contributed by atoms with Gasteiger partial charge in [-0.3, -0.25) is 14.5 Å². The molecule has 3 aliphatic heterocycles. The van der Waals surface area contributed by atoms with Crippen molar-refractivity contribution in [3.8, 4) is 5.75 Å². The number of hydrogen-bond donors (Lipinski definition) is 2. The standard InChI is InChI=1S/C25H23FN4O5/c26-19-4-1-14-2-6-23(32)30-16(9-18(19)24(14)30)11-27-8-7-17-12-29(25(33)35-17)15-3-5-21-20(10-15)28-22(31)13-34-21/h1-6,10,16-17,27H,7-9,11-13H2,(H,28,31)/t16-,17-/m0/s1. The first-order chi connectivity index (χ1) is 17.0. The van der Waals surface area contributed by atoms with Crippen LogP contribution in [0.3, 0.4) is 0 Å². The number of carbonyl (C=O) groups excluding carboxylic acids is 2. The average molecular weight is 478 g/mol. The summed E-state index contributed by atoms with van der Waals surface area (Å²) in [5.74, 6) is 0.0326. The Labute approximate surface area is 199 Å². The molecule has 1 aromatic heterocycles. The van der Waals surface area contributed by atoms with E-state index in [1.54, 1.807) is 34.9 Å². The van der Waals surface area contributed by atoms with Gasteiger partial charge >= 0.3 is 6.09 Å². The van der Waals surface area contributed by atoms with Crippen LogP contribution in [0.5, 0.6) is 5.75 Å². The number of halogens is 1. The van der Waals surface area contributed by atoms with E-state index >= 15 is 0 Å². The molecule has 0 saturated carbocycles. The zero-order chi connectivity index (χ0) is 24.1. The van der Waals surface area contributed by atoms with E-state index in [4.69, 9.17) is 9.47 Å². The minimum atomic E-state index is -0.446. The first kappa shape index (κ1) is 21.6. The Morgan fingerprint density at radius 3 is 2.86 bits per heavy atom. The van der Waals surface area contributed by atoms with Crippen LogP contribution in [0.2, 0.25) is 0 Å². The smallest absolute Gasteiger partial charge is 0.414 e. The van der Waals surface area contributed by atoms with Crippen molar-refractivity contribution in [2.75, 3.05) is 36.5 Å². The zero-order valence-corrected chi connectivity index (χ0v) is 18.8. The second-order valence-corrected chi connectivity index (χ2v) is 8.99. The van der Waals surface area contributed by atoms with Crippen molar-refractivity contribution in [3.63, 3.8) is 0 Å². The molecule has 0 aliphatic carbocycles. The summed E-state index contributed by atoms with van der Waals surface area (Å²) in [6, 6.07) is 11.4. The summed E-state index contributed by atoms with van der Waals surface area (Å²) in [5.41, 5.74) is 2.26. The third kappa shape index (κ3) is 3.79. The quantitative estimate of drug-likeness (QED) is 0.528. The molecule has 10 heteroatoms. The molecule has 2 atom stereocenters. The molecular weight excluding hydrogens is 455 g/mol. The summed E-state index contributed by atoms with van der Waals surface area (Å²) in [4.78, 5) is 38.1. The van der Waals surface area contributed by atoms with Crippen LogP contribution in [0, 0.1) is 5.82 Å². The number of cyclic esters (lactones) is 1. The fourth-order valence-electron chi connectivity index (χ4n) is 5.10. The SMILES string of the molecule is O=C1COc2ccc(N3C[C@H](CCNC[C@@H]4Cc5c(F)ccc6ccc(=O)n4c56)OC3=O)cc2N1. The molecule has 6 rings (SSSR count). The Kier molecular flexibility index (Phi) is 5.18. The van der Waals surface area contributed by atoms with Gasteiger partial charge in [0.05, 0.1) is 23.8 Å². The van der Waals surface area contributed by atoms with Gasteiger partial charge in [-0.25, -0.2) is 9.18 Å². The molecule has 1 fully saturated rings. The minimum Gasteiger partial charge on any atom is -0.482 e. The van der Waals surface area contributed by atoms with Crippen LogP contribution in [0.15, 0.2) is 47.3 Å². The topological polar surface area (TPSA) is 102 Å². The highest BCUT2D eigenvalue weighted by molar-refractivity contribution is 5.97. The maximum atomic E-state index is 14.4. The molecule has 35 heavy (non-hydrogen) atoms. The highest BCUT2D eigenvalue weighted by atomic mass is 19.1. The van der Waals surface area contributed by atoms with Crippen molar-refractivity contribution < 1.29 is 23.5 Å². The lowest BCUT2D eigenvalue weighted by atomic mass is 10.1. The number of amides is 2. The largest absolute Gasteiger partial charge is 0.482 e. The second-order valence-electron chi connectivity index (χ2n) is 8.99. The number of rotatable bonds is 6. The second kappa shape index (κ2) is 8.38. The number of anilines is 2. The first-order valence-electron chi connectivity index (χ1n) is 11.6. The minimum absolute atomic E-state index is 0.0289. The molecule has 2 amide bonds. The van der Waals surface area contributed by atoms with Crippen molar-refractivity contribution in [3.05, 3.63) is 64.2 Å². The van der Waals surface area contributed by atoms with Crippen LogP contribution in [0.1, 0.15) is 18.0 Å². The molecule has 0 radical (unpaired) electrons. The van der Waals surface area contributed by atoms with E-state index in [1.165, 1.54) is 17.0 Å². The van der Waals surface area contributed by atoms with Crippen LogP contribution < -0.4 is 25.8 Å². The maximum absolute atomic E-state index is 14.4. The Hall–Kier alpha value is -3.92. The fraction of sp³-hybridized carbons (Fsp3) is 0.320. The summed E-state index contributed by atoms with van der Waals surface area (Å²) >= 11 is 0.